The molecule has 5 rings (SSSR count). The SMILES string of the molecule is COc1cc(N2CCC(N(C)C)CC2)ccc1Nc1cc2c(nn1)NCCN2[C@H](C)c1c(F)ccc(F)c1Cl. The fourth-order valence-corrected chi connectivity index (χ4v) is 5.76. The number of fused-ring (bicyclic) bond motifs is 1. The van der Waals surface area contributed by atoms with Crippen molar-refractivity contribution in [3.8, 4) is 5.75 Å². The lowest BCUT2D eigenvalue weighted by Gasteiger charge is -2.37. The Labute approximate surface area is 232 Å². The average Bonchev–Trinajstić information content (AvgIpc) is 2.95. The van der Waals surface area contributed by atoms with Crippen molar-refractivity contribution in [3.05, 3.63) is 58.6 Å². The van der Waals surface area contributed by atoms with E-state index in [2.05, 4.69) is 50.8 Å². The number of ether oxygens (including phenoxy) is 1. The van der Waals surface area contributed by atoms with Gasteiger partial charge >= 0.3 is 0 Å². The molecule has 0 bridgehead atoms. The molecule has 0 spiro atoms. The number of aromatic nitrogens is 2. The van der Waals surface area contributed by atoms with Crippen LogP contribution in [0.4, 0.5) is 37.5 Å². The predicted molar refractivity (Wildman–Crippen MR) is 153 cm³/mol. The van der Waals surface area contributed by atoms with Crippen molar-refractivity contribution in [2.45, 2.75) is 31.8 Å². The maximum Gasteiger partial charge on any atom is 0.172 e. The zero-order valence-electron chi connectivity index (χ0n) is 22.6. The minimum absolute atomic E-state index is 0.114. The van der Waals surface area contributed by atoms with Crippen LogP contribution in [0.25, 0.3) is 0 Å². The van der Waals surface area contributed by atoms with Crippen molar-refractivity contribution in [3.63, 3.8) is 0 Å². The first-order valence-corrected chi connectivity index (χ1v) is 13.5. The maximum atomic E-state index is 14.7. The number of methoxy groups -OCH3 is 1. The fraction of sp³-hybridized carbons (Fsp3) is 0.429. The highest BCUT2D eigenvalue weighted by molar-refractivity contribution is 6.31. The molecule has 1 aromatic heterocycles. The van der Waals surface area contributed by atoms with Gasteiger partial charge in [-0.25, -0.2) is 8.78 Å². The number of benzene rings is 2. The number of halogens is 3. The van der Waals surface area contributed by atoms with Gasteiger partial charge in [0.1, 0.15) is 17.4 Å². The van der Waals surface area contributed by atoms with Crippen LogP contribution in [0.5, 0.6) is 5.75 Å². The summed E-state index contributed by atoms with van der Waals surface area (Å²) in [6.07, 6.45) is 2.24. The Morgan fingerprint density at radius 2 is 1.82 bits per heavy atom. The molecule has 1 atom stereocenters. The van der Waals surface area contributed by atoms with Crippen molar-refractivity contribution >= 4 is 40.3 Å². The van der Waals surface area contributed by atoms with Crippen molar-refractivity contribution in [2.24, 2.45) is 0 Å². The normalized spacial score (nSPS) is 16.6. The van der Waals surface area contributed by atoms with Gasteiger partial charge in [0.15, 0.2) is 11.6 Å². The van der Waals surface area contributed by atoms with Crippen LogP contribution in [0, 0.1) is 11.6 Å². The van der Waals surface area contributed by atoms with Gasteiger partial charge in [0, 0.05) is 55.6 Å². The summed E-state index contributed by atoms with van der Waals surface area (Å²) in [6.45, 7) is 4.91. The van der Waals surface area contributed by atoms with Crippen LogP contribution in [0.1, 0.15) is 31.4 Å². The second kappa shape index (κ2) is 11.4. The summed E-state index contributed by atoms with van der Waals surface area (Å²) in [5, 5.41) is 15.0. The first kappa shape index (κ1) is 27.2. The topological polar surface area (TPSA) is 68.8 Å². The van der Waals surface area contributed by atoms with E-state index in [1.807, 2.05) is 23.1 Å². The summed E-state index contributed by atoms with van der Waals surface area (Å²) < 4.78 is 34.6. The number of rotatable bonds is 7. The Bertz CT molecular complexity index is 1330. The summed E-state index contributed by atoms with van der Waals surface area (Å²) >= 11 is 6.18. The Balaban J connectivity index is 1.38. The number of piperidine rings is 1. The van der Waals surface area contributed by atoms with Crippen LogP contribution in [0.2, 0.25) is 5.02 Å². The molecule has 3 aromatic rings. The molecule has 2 aromatic carbocycles. The largest absolute Gasteiger partial charge is 0.494 e. The molecule has 0 saturated carbocycles. The van der Waals surface area contributed by atoms with Gasteiger partial charge in [-0.3, -0.25) is 0 Å². The molecule has 39 heavy (non-hydrogen) atoms. The van der Waals surface area contributed by atoms with Crippen LogP contribution in [0.3, 0.4) is 0 Å². The van der Waals surface area contributed by atoms with Gasteiger partial charge in [-0.05, 0) is 58.1 Å². The van der Waals surface area contributed by atoms with Crippen molar-refractivity contribution in [2.75, 3.05) is 67.8 Å². The van der Waals surface area contributed by atoms with E-state index in [4.69, 9.17) is 16.3 Å². The van der Waals surface area contributed by atoms with Gasteiger partial charge < -0.3 is 30.1 Å². The third-order valence-electron chi connectivity index (χ3n) is 7.70. The van der Waals surface area contributed by atoms with Crippen LogP contribution < -0.4 is 25.2 Å². The highest BCUT2D eigenvalue weighted by atomic mass is 35.5. The summed E-state index contributed by atoms with van der Waals surface area (Å²) in [4.78, 5) is 6.63. The minimum Gasteiger partial charge on any atom is -0.494 e. The third kappa shape index (κ3) is 5.53. The Morgan fingerprint density at radius 1 is 1.08 bits per heavy atom. The minimum atomic E-state index is -0.650. The quantitative estimate of drug-likeness (QED) is 0.359. The van der Waals surface area contributed by atoms with Crippen LogP contribution in [-0.4, -0.2) is 68.5 Å². The van der Waals surface area contributed by atoms with E-state index >= 15 is 0 Å². The van der Waals surface area contributed by atoms with Gasteiger partial charge in [0.05, 0.1) is 29.5 Å². The lowest BCUT2D eigenvalue weighted by atomic mass is 10.0. The van der Waals surface area contributed by atoms with Crippen molar-refractivity contribution in [1.82, 2.24) is 15.1 Å². The third-order valence-corrected chi connectivity index (χ3v) is 8.09. The Kier molecular flexibility index (Phi) is 7.95. The van der Waals surface area contributed by atoms with Gasteiger partial charge in [0.2, 0.25) is 0 Å². The molecule has 2 aliphatic rings. The summed E-state index contributed by atoms with van der Waals surface area (Å²) in [6, 6.07) is 10.2. The Hall–Kier alpha value is -3.37. The molecule has 8 nitrogen and oxygen atoms in total. The van der Waals surface area contributed by atoms with E-state index in [0.717, 1.165) is 49.4 Å². The maximum absolute atomic E-state index is 14.7. The van der Waals surface area contributed by atoms with E-state index in [0.29, 0.717) is 42.2 Å². The van der Waals surface area contributed by atoms with Crippen molar-refractivity contribution in [1.29, 1.82) is 0 Å². The van der Waals surface area contributed by atoms with Gasteiger partial charge in [-0.2, -0.15) is 0 Å². The number of nitrogens with zero attached hydrogens (tertiary/aromatic N) is 5. The molecule has 208 valence electrons. The molecule has 0 amide bonds. The van der Waals surface area contributed by atoms with Crippen LogP contribution >= 0.6 is 11.6 Å². The average molecular weight is 558 g/mol. The Morgan fingerprint density at radius 3 is 2.54 bits per heavy atom. The predicted octanol–water partition coefficient (Wildman–Crippen LogP) is 5.68. The molecule has 1 fully saturated rings. The van der Waals surface area contributed by atoms with E-state index in [-0.39, 0.29) is 10.6 Å². The highest BCUT2D eigenvalue weighted by Crippen LogP contribution is 2.40. The van der Waals surface area contributed by atoms with Crippen LogP contribution in [0.15, 0.2) is 36.4 Å². The molecule has 3 heterocycles. The molecule has 1 saturated heterocycles. The lowest BCUT2D eigenvalue weighted by molar-refractivity contribution is 0.249. The van der Waals surface area contributed by atoms with E-state index < -0.39 is 17.7 Å². The molecule has 11 heteroatoms. The standard InChI is InChI=1S/C28H34ClF2N7O/c1-17(26-20(30)6-7-21(31)27(26)29)38-14-11-32-28-23(38)16-25(34-35-28)33-22-8-5-19(15-24(22)39-4)37-12-9-18(10-13-37)36(2)3/h5-8,15-18H,9-14H2,1-4H3,(H,32,35)(H,33,34)/t17-/m1/s1. The van der Waals surface area contributed by atoms with Crippen LogP contribution in [-0.2, 0) is 0 Å². The molecule has 2 N–H and O–H groups in total. The number of hydrogen-bond donors (Lipinski definition) is 2. The molecular formula is C28H34ClF2N7O. The zero-order chi connectivity index (χ0) is 27.7. The number of hydrogen-bond acceptors (Lipinski definition) is 8. The summed E-state index contributed by atoms with van der Waals surface area (Å²) in [5.41, 5.74) is 2.69. The first-order valence-electron chi connectivity index (χ1n) is 13.1. The summed E-state index contributed by atoms with van der Waals surface area (Å²) in [5.74, 6) is 0.556. The van der Waals surface area contributed by atoms with Gasteiger partial charge in [0.25, 0.3) is 0 Å². The molecule has 0 unspecified atom stereocenters. The van der Waals surface area contributed by atoms with E-state index in [1.165, 1.54) is 0 Å². The second-order valence-corrected chi connectivity index (χ2v) is 10.6. The molecule has 0 aliphatic carbocycles. The number of nitrogens with one attached hydrogen (secondary N) is 2. The van der Waals surface area contributed by atoms with Gasteiger partial charge in [-0.15, -0.1) is 10.2 Å². The molecular weight excluding hydrogens is 524 g/mol. The zero-order valence-corrected chi connectivity index (χ0v) is 23.4. The summed E-state index contributed by atoms with van der Waals surface area (Å²) in [7, 11) is 5.92. The number of anilines is 5. The van der Waals surface area contributed by atoms with E-state index in [9.17, 15) is 8.78 Å². The smallest absolute Gasteiger partial charge is 0.172 e. The highest BCUT2D eigenvalue weighted by Gasteiger charge is 2.29. The molecule has 0 radical (unpaired) electrons. The first-order chi connectivity index (χ1) is 18.8. The molecule has 2 aliphatic heterocycles. The fourth-order valence-electron chi connectivity index (χ4n) is 5.45. The second-order valence-electron chi connectivity index (χ2n) is 10.2. The monoisotopic (exact) mass is 557 g/mol. The lowest BCUT2D eigenvalue weighted by Crippen LogP contribution is -2.41. The van der Waals surface area contributed by atoms with Crippen molar-refractivity contribution < 1.29 is 13.5 Å². The van der Waals surface area contributed by atoms with Gasteiger partial charge in [-0.1, -0.05) is 11.6 Å². The van der Waals surface area contributed by atoms with E-state index in [1.54, 1.807) is 14.0 Å².